The van der Waals surface area contributed by atoms with Crippen molar-refractivity contribution in [2.45, 2.75) is 19.4 Å². The summed E-state index contributed by atoms with van der Waals surface area (Å²) in [5.41, 5.74) is 2.50. The van der Waals surface area contributed by atoms with E-state index in [1.54, 1.807) is 12.1 Å². The Morgan fingerprint density at radius 1 is 0.963 bits per heavy atom. The zero-order valence-electron chi connectivity index (χ0n) is 15.3. The van der Waals surface area contributed by atoms with Crippen molar-refractivity contribution in [3.05, 3.63) is 65.5 Å². The Morgan fingerprint density at radius 3 is 2.22 bits per heavy atom. The molecule has 5 nitrogen and oxygen atoms in total. The maximum Gasteiger partial charge on any atom is 0.407 e. The van der Waals surface area contributed by atoms with Gasteiger partial charge in [0, 0.05) is 32.7 Å². The van der Waals surface area contributed by atoms with Gasteiger partial charge >= 0.3 is 6.09 Å². The molecule has 1 fully saturated rings. The van der Waals surface area contributed by atoms with E-state index in [9.17, 15) is 9.18 Å². The van der Waals surface area contributed by atoms with Gasteiger partial charge in [0.05, 0.1) is 6.61 Å². The van der Waals surface area contributed by atoms with Gasteiger partial charge in [0.15, 0.2) is 0 Å². The quantitative estimate of drug-likeness (QED) is 0.754. The lowest BCUT2D eigenvalue weighted by atomic mass is 10.1. The highest BCUT2D eigenvalue weighted by molar-refractivity contribution is 5.65. The van der Waals surface area contributed by atoms with Gasteiger partial charge in [0.2, 0.25) is 0 Å². The number of aryl methyl sites for hydroxylation is 1. The van der Waals surface area contributed by atoms with Crippen LogP contribution in [0.5, 0.6) is 5.75 Å². The summed E-state index contributed by atoms with van der Waals surface area (Å²) in [6, 6.07) is 14.6. The van der Waals surface area contributed by atoms with Crippen molar-refractivity contribution in [3.63, 3.8) is 0 Å². The second kappa shape index (κ2) is 9.37. The number of carboxylic acid groups (broad SMARTS) is 1. The van der Waals surface area contributed by atoms with Gasteiger partial charge in [-0.15, -0.1) is 0 Å². The van der Waals surface area contributed by atoms with E-state index in [2.05, 4.69) is 29.2 Å². The maximum atomic E-state index is 12.8. The molecule has 0 saturated carbocycles. The molecule has 27 heavy (non-hydrogen) atoms. The summed E-state index contributed by atoms with van der Waals surface area (Å²) in [4.78, 5) is 14.7. The second-order valence-corrected chi connectivity index (χ2v) is 6.77. The van der Waals surface area contributed by atoms with E-state index in [4.69, 9.17) is 9.84 Å². The average Bonchev–Trinajstić information content (AvgIpc) is 2.68. The first-order valence-corrected chi connectivity index (χ1v) is 9.26. The Labute approximate surface area is 159 Å². The molecule has 6 heteroatoms. The lowest BCUT2D eigenvalue weighted by Gasteiger charge is -2.33. The van der Waals surface area contributed by atoms with Gasteiger partial charge in [-0.1, -0.05) is 24.3 Å². The van der Waals surface area contributed by atoms with Gasteiger partial charge in [-0.3, -0.25) is 4.90 Å². The average molecular weight is 372 g/mol. The number of nitrogens with zero attached hydrogens (tertiary/aromatic N) is 2. The molecule has 144 valence electrons. The smallest absolute Gasteiger partial charge is 0.407 e. The van der Waals surface area contributed by atoms with Crippen LogP contribution in [0.25, 0.3) is 0 Å². The normalized spacial score (nSPS) is 14.9. The van der Waals surface area contributed by atoms with Gasteiger partial charge in [0.25, 0.3) is 0 Å². The standard InChI is InChI=1S/C21H25FN2O3/c22-19-7-9-20(10-8-19)27-15-1-2-17-3-5-18(6-4-17)16-23-11-13-24(14-12-23)21(25)26/h3-10H,1-2,11-16H2,(H,25,26). The van der Waals surface area contributed by atoms with Crippen molar-refractivity contribution in [1.29, 1.82) is 0 Å². The van der Waals surface area contributed by atoms with E-state index in [0.29, 0.717) is 25.4 Å². The van der Waals surface area contributed by atoms with Gasteiger partial charge in [-0.25, -0.2) is 9.18 Å². The van der Waals surface area contributed by atoms with Crippen molar-refractivity contribution >= 4 is 6.09 Å². The highest BCUT2D eigenvalue weighted by Gasteiger charge is 2.20. The Balaban J connectivity index is 1.37. The van der Waals surface area contributed by atoms with Crippen LogP contribution in [0.4, 0.5) is 9.18 Å². The highest BCUT2D eigenvalue weighted by Crippen LogP contribution is 2.14. The minimum atomic E-state index is -0.831. The van der Waals surface area contributed by atoms with Crippen molar-refractivity contribution in [2.75, 3.05) is 32.8 Å². The van der Waals surface area contributed by atoms with Gasteiger partial charge in [0.1, 0.15) is 11.6 Å². The van der Waals surface area contributed by atoms with E-state index in [1.165, 1.54) is 28.2 Å². The molecule has 1 amide bonds. The topological polar surface area (TPSA) is 53.0 Å². The summed E-state index contributed by atoms with van der Waals surface area (Å²) < 4.78 is 18.5. The highest BCUT2D eigenvalue weighted by atomic mass is 19.1. The molecular formula is C21H25FN2O3. The molecule has 1 aliphatic rings. The number of ether oxygens (including phenoxy) is 1. The van der Waals surface area contributed by atoms with Crippen LogP contribution in [0.2, 0.25) is 0 Å². The van der Waals surface area contributed by atoms with Crippen molar-refractivity contribution in [3.8, 4) is 5.75 Å². The van der Waals surface area contributed by atoms with E-state index in [1.807, 2.05) is 0 Å². The summed E-state index contributed by atoms with van der Waals surface area (Å²) in [7, 11) is 0. The van der Waals surface area contributed by atoms with E-state index in [0.717, 1.165) is 32.5 Å². The van der Waals surface area contributed by atoms with Crippen LogP contribution in [0.3, 0.4) is 0 Å². The summed E-state index contributed by atoms with van der Waals surface area (Å²) in [6.07, 6.45) is 0.995. The minimum absolute atomic E-state index is 0.258. The monoisotopic (exact) mass is 372 g/mol. The Kier molecular flexibility index (Phi) is 6.65. The number of piperazine rings is 1. The van der Waals surface area contributed by atoms with Crippen LogP contribution in [0, 0.1) is 5.82 Å². The summed E-state index contributed by atoms with van der Waals surface area (Å²) in [5, 5.41) is 8.99. The van der Waals surface area contributed by atoms with Gasteiger partial charge in [-0.2, -0.15) is 0 Å². The van der Waals surface area contributed by atoms with Crippen molar-refractivity contribution < 1.29 is 19.0 Å². The first-order chi connectivity index (χ1) is 13.1. The molecule has 0 unspecified atom stereocenters. The van der Waals surface area contributed by atoms with Crippen molar-refractivity contribution in [1.82, 2.24) is 9.80 Å². The molecule has 0 radical (unpaired) electrons. The maximum absolute atomic E-state index is 12.8. The summed E-state index contributed by atoms with van der Waals surface area (Å²) >= 11 is 0. The molecule has 2 aromatic rings. The summed E-state index contributed by atoms with van der Waals surface area (Å²) in [6.45, 7) is 4.13. The van der Waals surface area contributed by atoms with Crippen LogP contribution >= 0.6 is 0 Å². The number of hydrogen-bond acceptors (Lipinski definition) is 3. The third-order valence-corrected chi connectivity index (χ3v) is 4.76. The second-order valence-electron chi connectivity index (χ2n) is 6.77. The molecule has 1 N–H and O–H groups in total. The minimum Gasteiger partial charge on any atom is -0.494 e. The van der Waals surface area contributed by atoms with Crippen LogP contribution in [-0.4, -0.2) is 53.8 Å². The third-order valence-electron chi connectivity index (χ3n) is 4.76. The molecule has 3 rings (SSSR count). The van der Waals surface area contributed by atoms with E-state index < -0.39 is 6.09 Å². The molecule has 0 aromatic heterocycles. The van der Waals surface area contributed by atoms with Crippen LogP contribution in [-0.2, 0) is 13.0 Å². The fourth-order valence-electron chi connectivity index (χ4n) is 3.16. The first-order valence-electron chi connectivity index (χ1n) is 9.26. The fourth-order valence-corrected chi connectivity index (χ4v) is 3.16. The van der Waals surface area contributed by atoms with Crippen LogP contribution in [0.15, 0.2) is 48.5 Å². The zero-order chi connectivity index (χ0) is 19.1. The SMILES string of the molecule is O=C(O)N1CCN(Cc2ccc(CCCOc3ccc(F)cc3)cc2)CC1. The lowest BCUT2D eigenvalue weighted by molar-refractivity contribution is 0.103. The third kappa shape index (κ3) is 5.96. The lowest BCUT2D eigenvalue weighted by Crippen LogP contribution is -2.47. The van der Waals surface area contributed by atoms with Crippen LogP contribution < -0.4 is 4.74 Å². The first kappa shape index (κ1) is 19.2. The molecule has 1 heterocycles. The number of carbonyl (C=O) groups is 1. The Hall–Kier alpha value is -2.60. The molecule has 0 bridgehead atoms. The molecule has 0 atom stereocenters. The van der Waals surface area contributed by atoms with Gasteiger partial charge < -0.3 is 14.7 Å². The summed E-state index contributed by atoms with van der Waals surface area (Å²) in [5.74, 6) is 0.431. The number of hydrogen-bond donors (Lipinski definition) is 1. The number of benzene rings is 2. The Morgan fingerprint density at radius 2 is 1.59 bits per heavy atom. The van der Waals surface area contributed by atoms with Gasteiger partial charge in [-0.05, 0) is 48.2 Å². The zero-order valence-corrected chi connectivity index (χ0v) is 15.3. The molecule has 0 spiro atoms. The molecule has 1 saturated heterocycles. The van der Waals surface area contributed by atoms with Crippen LogP contribution in [0.1, 0.15) is 17.5 Å². The fraction of sp³-hybridized carbons (Fsp3) is 0.381. The number of amides is 1. The van der Waals surface area contributed by atoms with E-state index >= 15 is 0 Å². The number of rotatable bonds is 7. The molecule has 1 aliphatic heterocycles. The Bertz CT molecular complexity index is 726. The largest absolute Gasteiger partial charge is 0.494 e. The molecule has 2 aromatic carbocycles. The van der Waals surface area contributed by atoms with E-state index in [-0.39, 0.29) is 5.82 Å². The molecular weight excluding hydrogens is 347 g/mol. The number of halogens is 1. The molecule has 0 aliphatic carbocycles. The predicted octanol–water partition coefficient (Wildman–Crippen LogP) is 3.63. The predicted molar refractivity (Wildman–Crippen MR) is 102 cm³/mol. The van der Waals surface area contributed by atoms with Crippen molar-refractivity contribution in [2.24, 2.45) is 0 Å².